The first-order valence-corrected chi connectivity index (χ1v) is 7.47. The van der Waals surface area contributed by atoms with Gasteiger partial charge in [-0.1, -0.05) is 18.1 Å². The van der Waals surface area contributed by atoms with Crippen LogP contribution in [0, 0.1) is 13.8 Å². The summed E-state index contributed by atoms with van der Waals surface area (Å²) in [4.78, 5) is 27.9. The van der Waals surface area contributed by atoms with Crippen LogP contribution in [-0.4, -0.2) is 28.5 Å². The Morgan fingerprint density at radius 2 is 2.00 bits per heavy atom. The van der Waals surface area contributed by atoms with E-state index >= 15 is 0 Å². The Kier molecular flexibility index (Phi) is 5.46. The second kappa shape index (κ2) is 7.53. The number of aryl methyl sites for hydroxylation is 3. The molecule has 23 heavy (non-hydrogen) atoms. The zero-order valence-electron chi connectivity index (χ0n) is 13.5. The van der Waals surface area contributed by atoms with E-state index in [9.17, 15) is 9.59 Å². The monoisotopic (exact) mass is 316 g/mol. The number of carbonyl (C=O) groups excluding carboxylic acids is 2. The van der Waals surface area contributed by atoms with E-state index in [0.717, 1.165) is 11.3 Å². The van der Waals surface area contributed by atoms with Crippen LogP contribution in [0.5, 0.6) is 0 Å². The number of amides is 2. The predicted octanol–water partition coefficient (Wildman–Crippen LogP) is 1.55. The molecule has 0 aliphatic heterocycles. The van der Waals surface area contributed by atoms with Gasteiger partial charge in [0, 0.05) is 24.9 Å². The Bertz CT molecular complexity index is 692. The predicted molar refractivity (Wildman–Crippen MR) is 84.9 cm³/mol. The number of hydrogen-bond donors (Lipinski definition) is 2. The van der Waals surface area contributed by atoms with Gasteiger partial charge in [0.1, 0.15) is 11.4 Å². The van der Waals surface area contributed by atoms with Crippen LogP contribution in [0.4, 0.5) is 5.69 Å². The van der Waals surface area contributed by atoms with Gasteiger partial charge in [-0.3, -0.25) is 14.6 Å². The second-order valence-electron chi connectivity index (χ2n) is 5.19. The fourth-order valence-electron chi connectivity index (χ4n) is 2.04. The third kappa shape index (κ3) is 4.38. The van der Waals surface area contributed by atoms with Gasteiger partial charge in [-0.25, -0.2) is 0 Å². The fourth-order valence-corrected chi connectivity index (χ4v) is 2.04. The molecule has 2 aromatic heterocycles. The zero-order chi connectivity index (χ0) is 16.8. The maximum Gasteiger partial charge on any atom is 0.313 e. The van der Waals surface area contributed by atoms with Gasteiger partial charge in [0.15, 0.2) is 5.76 Å². The van der Waals surface area contributed by atoms with Crippen LogP contribution in [0.3, 0.4) is 0 Å². The number of rotatable bonds is 5. The molecule has 7 heteroatoms. The SMILES string of the molecule is CCc1onc(C)c1NC(=O)C(=O)NCCc1ccc(C)nc1. The third-order valence-corrected chi connectivity index (χ3v) is 3.37. The van der Waals surface area contributed by atoms with E-state index in [-0.39, 0.29) is 0 Å². The molecular weight excluding hydrogens is 296 g/mol. The molecule has 0 fully saturated rings. The Hall–Kier alpha value is -2.70. The molecule has 0 aliphatic carbocycles. The highest BCUT2D eigenvalue weighted by molar-refractivity contribution is 6.39. The molecule has 0 atom stereocenters. The summed E-state index contributed by atoms with van der Waals surface area (Å²) in [6, 6.07) is 3.85. The van der Waals surface area contributed by atoms with Gasteiger partial charge in [-0.2, -0.15) is 0 Å². The summed E-state index contributed by atoms with van der Waals surface area (Å²) in [5.41, 5.74) is 2.96. The molecule has 0 aromatic carbocycles. The number of nitrogens with one attached hydrogen (secondary N) is 2. The van der Waals surface area contributed by atoms with Crippen LogP contribution >= 0.6 is 0 Å². The Labute approximate surface area is 134 Å². The summed E-state index contributed by atoms with van der Waals surface area (Å²) >= 11 is 0. The highest BCUT2D eigenvalue weighted by Crippen LogP contribution is 2.20. The van der Waals surface area contributed by atoms with Crippen molar-refractivity contribution >= 4 is 17.5 Å². The van der Waals surface area contributed by atoms with E-state index in [1.165, 1.54) is 0 Å². The number of pyridine rings is 1. The highest BCUT2D eigenvalue weighted by Gasteiger charge is 2.19. The van der Waals surface area contributed by atoms with Crippen LogP contribution < -0.4 is 10.6 Å². The lowest BCUT2D eigenvalue weighted by Crippen LogP contribution is -2.36. The minimum atomic E-state index is -0.729. The van der Waals surface area contributed by atoms with Crippen molar-refractivity contribution in [2.24, 2.45) is 0 Å². The van der Waals surface area contributed by atoms with Crippen LogP contribution in [-0.2, 0) is 22.4 Å². The molecule has 122 valence electrons. The average molecular weight is 316 g/mol. The summed E-state index contributed by atoms with van der Waals surface area (Å²) in [7, 11) is 0. The van der Waals surface area contributed by atoms with Gasteiger partial charge in [-0.15, -0.1) is 0 Å². The third-order valence-electron chi connectivity index (χ3n) is 3.37. The van der Waals surface area contributed by atoms with Crippen molar-refractivity contribution < 1.29 is 14.1 Å². The van der Waals surface area contributed by atoms with E-state index < -0.39 is 11.8 Å². The Balaban J connectivity index is 1.84. The van der Waals surface area contributed by atoms with Gasteiger partial charge in [0.05, 0.1) is 0 Å². The van der Waals surface area contributed by atoms with Crippen molar-refractivity contribution in [3.8, 4) is 0 Å². The lowest BCUT2D eigenvalue weighted by Gasteiger charge is -2.06. The van der Waals surface area contributed by atoms with Gasteiger partial charge in [0.2, 0.25) is 0 Å². The molecule has 2 N–H and O–H groups in total. The largest absolute Gasteiger partial charge is 0.359 e. The second-order valence-corrected chi connectivity index (χ2v) is 5.19. The molecular formula is C16H20N4O3. The summed E-state index contributed by atoms with van der Waals surface area (Å²) in [6.07, 6.45) is 2.95. The topological polar surface area (TPSA) is 97.1 Å². The maximum absolute atomic E-state index is 11.9. The van der Waals surface area contributed by atoms with Crippen molar-refractivity contribution in [1.82, 2.24) is 15.5 Å². The van der Waals surface area contributed by atoms with Crippen LogP contribution in [0.15, 0.2) is 22.9 Å². The summed E-state index contributed by atoms with van der Waals surface area (Å²) in [5.74, 6) is -0.866. The number of hydrogen-bond acceptors (Lipinski definition) is 5. The molecule has 2 heterocycles. The smallest absolute Gasteiger partial charge is 0.313 e. The molecule has 0 aliphatic rings. The number of nitrogens with zero attached hydrogens (tertiary/aromatic N) is 2. The Morgan fingerprint density at radius 1 is 1.22 bits per heavy atom. The normalized spacial score (nSPS) is 10.4. The molecule has 0 bridgehead atoms. The summed E-state index contributed by atoms with van der Waals surface area (Å²) < 4.78 is 5.07. The first kappa shape index (κ1) is 16.7. The van der Waals surface area contributed by atoms with E-state index in [2.05, 4.69) is 20.8 Å². The standard InChI is InChI=1S/C16H20N4O3/c1-4-13-14(11(3)20-23-13)19-16(22)15(21)17-8-7-12-6-5-10(2)18-9-12/h5-6,9H,4,7-8H2,1-3H3,(H,17,21)(H,19,22). The lowest BCUT2D eigenvalue weighted by molar-refractivity contribution is -0.136. The molecule has 0 saturated heterocycles. The van der Waals surface area contributed by atoms with Gasteiger partial charge in [0.25, 0.3) is 0 Å². The molecule has 0 radical (unpaired) electrons. The first-order chi connectivity index (χ1) is 11.0. The van der Waals surface area contributed by atoms with Crippen LogP contribution in [0.1, 0.15) is 29.6 Å². The fraction of sp³-hybridized carbons (Fsp3) is 0.375. The molecule has 0 saturated carbocycles. The van der Waals surface area contributed by atoms with Crippen molar-refractivity contribution in [3.63, 3.8) is 0 Å². The van der Waals surface area contributed by atoms with Crippen molar-refractivity contribution in [1.29, 1.82) is 0 Å². The van der Waals surface area contributed by atoms with E-state index in [4.69, 9.17) is 4.52 Å². The molecule has 2 rings (SSSR count). The van der Waals surface area contributed by atoms with Crippen LogP contribution in [0.2, 0.25) is 0 Å². The van der Waals surface area contributed by atoms with E-state index in [1.54, 1.807) is 13.1 Å². The Morgan fingerprint density at radius 3 is 2.65 bits per heavy atom. The first-order valence-electron chi connectivity index (χ1n) is 7.47. The molecule has 0 spiro atoms. The number of carbonyl (C=O) groups is 2. The summed E-state index contributed by atoms with van der Waals surface area (Å²) in [6.45, 7) is 5.86. The number of anilines is 1. The highest BCUT2D eigenvalue weighted by atomic mass is 16.5. The van der Waals surface area contributed by atoms with Crippen LogP contribution in [0.25, 0.3) is 0 Å². The lowest BCUT2D eigenvalue weighted by atomic mass is 10.2. The average Bonchev–Trinajstić information content (AvgIpc) is 2.89. The molecule has 2 aromatic rings. The maximum atomic E-state index is 11.9. The van der Waals surface area contributed by atoms with Crippen molar-refractivity contribution in [2.45, 2.75) is 33.6 Å². The van der Waals surface area contributed by atoms with Gasteiger partial charge >= 0.3 is 11.8 Å². The molecule has 7 nitrogen and oxygen atoms in total. The van der Waals surface area contributed by atoms with Gasteiger partial charge in [-0.05, 0) is 31.9 Å². The minimum absolute atomic E-state index is 0.361. The zero-order valence-corrected chi connectivity index (χ0v) is 13.5. The minimum Gasteiger partial charge on any atom is -0.359 e. The van der Waals surface area contributed by atoms with Gasteiger partial charge < -0.3 is 15.2 Å². The van der Waals surface area contributed by atoms with Crippen molar-refractivity contribution in [3.05, 3.63) is 41.0 Å². The molecule has 2 amide bonds. The number of aromatic nitrogens is 2. The van der Waals surface area contributed by atoms with Crippen molar-refractivity contribution in [2.75, 3.05) is 11.9 Å². The summed E-state index contributed by atoms with van der Waals surface area (Å²) in [5, 5.41) is 8.91. The molecule has 0 unspecified atom stereocenters. The quantitative estimate of drug-likeness (QED) is 0.816. The van der Waals surface area contributed by atoms with E-state index in [1.807, 2.05) is 26.0 Å². The van der Waals surface area contributed by atoms with E-state index in [0.29, 0.717) is 36.5 Å².